The molecular formula is C11H14N2. The number of hydrogen-bond donors (Lipinski definition) is 1. The monoisotopic (exact) mass is 174 g/mol. The van der Waals surface area contributed by atoms with Gasteiger partial charge in [0.25, 0.3) is 0 Å². The molecule has 13 heavy (non-hydrogen) atoms. The van der Waals surface area contributed by atoms with E-state index in [2.05, 4.69) is 11.4 Å². The van der Waals surface area contributed by atoms with Crippen molar-refractivity contribution in [1.29, 1.82) is 5.26 Å². The Bertz CT molecular complexity index is 312. The summed E-state index contributed by atoms with van der Waals surface area (Å²) < 4.78 is 0. The summed E-state index contributed by atoms with van der Waals surface area (Å²) in [7, 11) is 1.86. The van der Waals surface area contributed by atoms with Crippen molar-refractivity contribution in [3.05, 3.63) is 35.4 Å². The molecule has 0 radical (unpaired) electrons. The number of benzene rings is 1. The SMILES string of the molecule is CNCC(C#N)c1ccccc1C. The van der Waals surface area contributed by atoms with E-state index in [-0.39, 0.29) is 5.92 Å². The quantitative estimate of drug-likeness (QED) is 0.758. The van der Waals surface area contributed by atoms with E-state index in [1.165, 1.54) is 5.56 Å². The van der Waals surface area contributed by atoms with Crippen molar-refractivity contribution in [1.82, 2.24) is 5.32 Å². The van der Waals surface area contributed by atoms with Gasteiger partial charge in [-0.3, -0.25) is 0 Å². The van der Waals surface area contributed by atoms with Crippen LogP contribution in [0, 0.1) is 18.3 Å². The minimum atomic E-state index is -0.0359. The lowest BCUT2D eigenvalue weighted by molar-refractivity contribution is 0.730. The number of nitrogens with zero attached hydrogens (tertiary/aromatic N) is 1. The molecule has 0 heterocycles. The number of rotatable bonds is 3. The molecule has 1 aromatic carbocycles. The Morgan fingerprint density at radius 3 is 2.69 bits per heavy atom. The molecule has 0 aromatic heterocycles. The predicted molar refractivity (Wildman–Crippen MR) is 53.5 cm³/mol. The molecule has 1 N–H and O–H groups in total. The lowest BCUT2D eigenvalue weighted by Gasteiger charge is -2.10. The Hall–Kier alpha value is -1.33. The van der Waals surface area contributed by atoms with Crippen LogP contribution in [-0.4, -0.2) is 13.6 Å². The second kappa shape index (κ2) is 4.64. The Morgan fingerprint density at radius 1 is 1.46 bits per heavy atom. The van der Waals surface area contributed by atoms with E-state index in [0.717, 1.165) is 5.56 Å². The highest BCUT2D eigenvalue weighted by Crippen LogP contribution is 2.17. The van der Waals surface area contributed by atoms with E-state index in [1.807, 2.05) is 38.2 Å². The predicted octanol–water partition coefficient (Wildman–Crippen LogP) is 1.82. The van der Waals surface area contributed by atoms with Crippen LogP contribution < -0.4 is 5.32 Å². The van der Waals surface area contributed by atoms with Crippen LogP contribution >= 0.6 is 0 Å². The van der Waals surface area contributed by atoms with Gasteiger partial charge in [0, 0.05) is 6.54 Å². The van der Waals surface area contributed by atoms with Gasteiger partial charge < -0.3 is 5.32 Å². The molecule has 68 valence electrons. The van der Waals surface area contributed by atoms with E-state index in [4.69, 9.17) is 5.26 Å². The molecule has 1 unspecified atom stereocenters. The van der Waals surface area contributed by atoms with Gasteiger partial charge in [0.05, 0.1) is 12.0 Å². The number of nitrogens with one attached hydrogen (secondary N) is 1. The highest BCUT2D eigenvalue weighted by atomic mass is 14.8. The first-order chi connectivity index (χ1) is 6.29. The van der Waals surface area contributed by atoms with Crippen molar-refractivity contribution in [2.24, 2.45) is 0 Å². The van der Waals surface area contributed by atoms with E-state index in [1.54, 1.807) is 0 Å². The smallest absolute Gasteiger partial charge is 0.0839 e. The fraction of sp³-hybridized carbons (Fsp3) is 0.364. The lowest BCUT2D eigenvalue weighted by Crippen LogP contribution is -2.16. The molecule has 2 nitrogen and oxygen atoms in total. The normalized spacial score (nSPS) is 12.1. The first kappa shape index (κ1) is 9.76. The van der Waals surface area contributed by atoms with Gasteiger partial charge in [-0.25, -0.2) is 0 Å². The maximum Gasteiger partial charge on any atom is 0.0839 e. The van der Waals surface area contributed by atoms with Crippen LogP contribution in [-0.2, 0) is 0 Å². The number of likely N-dealkylation sites (N-methyl/N-ethyl adjacent to an activating group) is 1. The summed E-state index contributed by atoms with van der Waals surface area (Å²) >= 11 is 0. The molecule has 1 atom stereocenters. The highest BCUT2D eigenvalue weighted by Gasteiger charge is 2.10. The van der Waals surface area contributed by atoms with Crippen molar-refractivity contribution in [3.8, 4) is 6.07 Å². The summed E-state index contributed by atoms with van der Waals surface area (Å²) in [5, 5.41) is 12.0. The second-order valence-electron chi connectivity index (χ2n) is 3.10. The summed E-state index contributed by atoms with van der Waals surface area (Å²) in [5.41, 5.74) is 2.31. The highest BCUT2D eigenvalue weighted by molar-refractivity contribution is 5.32. The minimum absolute atomic E-state index is 0.0359. The summed E-state index contributed by atoms with van der Waals surface area (Å²) in [6.07, 6.45) is 0. The van der Waals surface area contributed by atoms with Gasteiger partial charge in [0.15, 0.2) is 0 Å². The minimum Gasteiger partial charge on any atom is -0.318 e. The number of aryl methyl sites for hydroxylation is 1. The second-order valence-corrected chi connectivity index (χ2v) is 3.10. The third-order valence-corrected chi connectivity index (χ3v) is 2.13. The van der Waals surface area contributed by atoms with Crippen LogP contribution in [0.4, 0.5) is 0 Å². The van der Waals surface area contributed by atoms with Gasteiger partial charge in [-0.15, -0.1) is 0 Å². The Labute approximate surface area is 79.2 Å². The van der Waals surface area contributed by atoms with Crippen molar-refractivity contribution in [3.63, 3.8) is 0 Å². The molecule has 0 saturated heterocycles. The molecule has 2 heteroatoms. The van der Waals surface area contributed by atoms with E-state index >= 15 is 0 Å². The summed E-state index contributed by atoms with van der Waals surface area (Å²) in [6.45, 7) is 2.75. The molecule has 0 bridgehead atoms. The van der Waals surface area contributed by atoms with Crippen molar-refractivity contribution >= 4 is 0 Å². The number of hydrogen-bond acceptors (Lipinski definition) is 2. The van der Waals surface area contributed by atoms with Gasteiger partial charge in [-0.05, 0) is 25.1 Å². The molecule has 1 aromatic rings. The van der Waals surface area contributed by atoms with Gasteiger partial charge >= 0.3 is 0 Å². The van der Waals surface area contributed by atoms with E-state index in [0.29, 0.717) is 6.54 Å². The lowest BCUT2D eigenvalue weighted by atomic mass is 9.96. The topological polar surface area (TPSA) is 35.8 Å². The van der Waals surface area contributed by atoms with Crippen LogP contribution in [0.3, 0.4) is 0 Å². The van der Waals surface area contributed by atoms with Crippen molar-refractivity contribution < 1.29 is 0 Å². The summed E-state index contributed by atoms with van der Waals surface area (Å²) in [6, 6.07) is 10.3. The fourth-order valence-corrected chi connectivity index (χ4v) is 1.41. The zero-order valence-corrected chi connectivity index (χ0v) is 8.04. The number of nitriles is 1. The third-order valence-electron chi connectivity index (χ3n) is 2.13. The van der Waals surface area contributed by atoms with Gasteiger partial charge in [-0.1, -0.05) is 24.3 Å². The fourth-order valence-electron chi connectivity index (χ4n) is 1.41. The Kier molecular flexibility index (Phi) is 3.48. The van der Waals surface area contributed by atoms with Crippen LogP contribution in [0.2, 0.25) is 0 Å². The summed E-state index contributed by atoms with van der Waals surface area (Å²) in [5.74, 6) is -0.0359. The van der Waals surface area contributed by atoms with Crippen LogP contribution in [0.1, 0.15) is 17.0 Å². The van der Waals surface area contributed by atoms with Crippen LogP contribution in [0.25, 0.3) is 0 Å². The average molecular weight is 174 g/mol. The maximum absolute atomic E-state index is 8.95. The first-order valence-corrected chi connectivity index (χ1v) is 4.39. The van der Waals surface area contributed by atoms with Crippen molar-refractivity contribution in [2.45, 2.75) is 12.8 Å². The largest absolute Gasteiger partial charge is 0.318 e. The van der Waals surface area contributed by atoms with Gasteiger partial charge in [-0.2, -0.15) is 5.26 Å². The molecule has 0 aliphatic heterocycles. The molecular weight excluding hydrogens is 160 g/mol. The Balaban J connectivity index is 2.92. The zero-order chi connectivity index (χ0) is 9.68. The van der Waals surface area contributed by atoms with Gasteiger partial charge in [0.2, 0.25) is 0 Å². The molecule has 0 amide bonds. The standard InChI is InChI=1S/C11H14N2/c1-9-5-3-4-6-11(9)10(7-12)8-13-2/h3-6,10,13H,8H2,1-2H3. The summed E-state index contributed by atoms with van der Waals surface area (Å²) in [4.78, 5) is 0. The van der Waals surface area contributed by atoms with E-state index < -0.39 is 0 Å². The maximum atomic E-state index is 8.95. The first-order valence-electron chi connectivity index (χ1n) is 4.39. The molecule has 0 aliphatic rings. The third kappa shape index (κ3) is 2.30. The molecule has 0 saturated carbocycles. The zero-order valence-electron chi connectivity index (χ0n) is 8.04. The van der Waals surface area contributed by atoms with E-state index in [9.17, 15) is 0 Å². The van der Waals surface area contributed by atoms with Gasteiger partial charge in [0.1, 0.15) is 0 Å². The average Bonchev–Trinajstić information content (AvgIpc) is 2.16. The molecule has 0 fully saturated rings. The van der Waals surface area contributed by atoms with Crippen molar-refractivity contribution in [2.75, 3.05) is 13.6 Å². The molecule has 1 rings (SSSR count). The van der Waals surface area contributed by atoms with Crippen LogP contribution in [0.5, 0.6) is 0 Å². The van der Waals surface area contributed by atoms with Crippen LogP contribution in [0.15, 0.2) is 24.3 Å². The Morgan fingerprint density at radius 2 is 2.15 bits per heavy atom. The molecule has 0 aliphatic carbocycles. The molecule has 0 spiro atoms.